The Hall–Kier alpha value is -0.460. The van der Waals surface area contributed by atoms with Gasteiger partial charge in [0.15, 0.2) is 0 Å². The zero-order valence-corrected chi connectivity index (χ0v) is 11.1. The minimum absolute atomic E-state index is 0.266. The van der Waals surface area contributed by atoms with Crippen LogP contribution in [0.5, 0.6) is 0 Å². The van der Waals surface area contributed by atoms with Crippen LogP contribution in [0, 0.1) is 0 Å². The summed E-state index contributed by atoms with van der Waals surface area (Å²) in [5.74, 6) is -1.15. The average molecular weight is 313 g/mol. The van der Waals surface area contributed by atoms with Gasteiger partial charge in [0.25, 0.3) is 14.9 Å². The highest BCUT2D eigenvalue weighted by Gasteiger charge is 2.38. The molecule has 0 saturated carbocycles. The molecule has 0 bridgehead atoms. The van der Waals surface area contributed by atoms with Crippen molar-refractivity contribution in [2.24, 2.45) is 0 Å². The molecule has 0 N–H and O–H groups in total. The number of halogens is 3. The molecular weight excluding hydrogens is 309 g/mol. The topological polar surface area (TPSA) is 46.6 Å². The number of carbonyl (C=O) groups excluding carboxylic acids is 2. The van der Waals surface area contributed by atoms with Crippen LogP contribution in [0.2, 0.25) is 0 Å². The summed E-state index contributed by atoms with van der Waals surface area (Å²) in [6.07, 6.45) is 0. The highest BCUT2D eigenvalue weighted by Crippen LogP contribution is 2.41. The van der Waals surface area contributed by atoms with E-state index in [1.54, 1.807) is 12.1 Å². The molecule has 8 heteroatoms. The molecule has 2 rings (SSSR count). The Morgan fingerprint density at radius 1 is 1.06 bits per heavy atom. The summed E-state index contributed by atoms with van der Waals surface area (Å²) in [6, 6.07) is 6.35. The van der Waals surface area contributed by atoms with Crippen molar-refractivity contribution in [3.8, 4) is 0 Å². The standard InChI is InChI=1S/C9H4Cl3NO3S/c10-9(11,12)17-16-13-7(14)5-3-1-2-4-6(5)8(13)15/h1-4H. The van der Waals surface area contributed by atoms with Gasteiger partial charge < -0.3 is 0 Å². The van der Waals surface area contributed by atoms with Crippen molar-refractivity contribution in [2.75, 3.05) is 0 Å². The third-order valence-corrected chi connectivity index (χ3v) is 2.94. The third kappa shape index (κ3) is 2.69. The lowest BCUT2D eigenvalue weighted by atomic mass is 10.1. The van der Waals surface area contributed by atoms with Gasteiger partial charge in [-0.3, -0.25) is 9.59 Å². The maximum Gasteiger partial charge on any atom is 0.286 e. The lowest BCUT2D eigenvalue weighted by molar-refractivity contribution is -0.00228. The molecule has 1 aliphatic heterocycles. The zero-order valence-electron chi connectivity index (χ0n) is 8.02. The van der Waals surface area contributed by atoms with Crippen LogP contribution >= 0.6 is 46.8 Å². The molecule has 0 aliphatic carbocycles. The van der Waals surface area contributed by atoms with E-state index in [1.165, 1.54) is 12.1 Å². The number of benzene rings is 1. The Kier molecular flexibility index (Phi) is 3.56. The molecule has 1 aliphatic rings. The first-order valence-corrected chi connectivity index (χ1v) is 6.18. The summed E-state index contributed by atoms with van der Waals surface area (Å²) in [6.45, 7) is 0. The maximum absolute atomic E-state index is 11.8. The molecule has 0 aromatic heterocycles. The lowest BCUT2D eigenvalue weighted by Crippen LogP contribution is -2.28. The highest BCUT2D eigenvalue weighted by atomic mass is 35.6. The van der Waals surface area contributed by atoms with Gasteiger partial charge in [-0.15, -0.1) is 5.06 Å². The molecule has 90 valence electrons. The van der Waals surface area contributed by atoms with Gasteiger partial charge in [-0.05, 0) is 12.1 Å². The number of amides is 2. The first kappa shape index (κ1) is 13.0. The summed E-state index contributed by atoms with van der Waals surface area (Å²) in [5, 5.41) is 0.567. The van der Waals surface area contributed by atoms with Gasteiger partial charge in [-0.25, -0.2) is 0 Å². The molecule has 0 fully saturated rings. The van der Waals surface area contributed by atoms with Gasteiger partial charge in [-0.2, -0.15) is 4.28 Å². The van der Waals surface area contributed by atoms with Crippen molar-refractivity contribution < 1.29 is 13.9 Å². The fourth-order valence-corrected chi connectivity index (χ4v) is 1.86. The molecule has 4 nitrogen and oxygen atoms in total. The largest absolute Gasteiger partial charge is 0.286 e. The molecular formula is C9H4Cl3NO3S. The van der Waals surface area contributed by atoms with Crippen molar-refractivity contribution in [1.29, 1.82) is 0 Å². The van der Waals surface area contributed by atoms with Crippen LogP contribution in [0.25, 0.3) is 0 Å². The Labute approximate surface area is 116 Å². The van der Waals surface area contributed by atoms with E-state index in [9.17, 15) is 9.59 Å². The maximum atomic E-state index is 11.8. The Morgan fingerprint density at radius 3 is 1.94 bits per heavy atom. The number of rotatable bonds is 2. The van der Waals surface area contributed by atoms with Crippen molar-refractivity contribution in [3.05, 3.63) is 35.4 Å². The van der Waals surface area contributed by atoms with Gasteiger partial charge in [0, 0.05) is 0 Å². The van der Waals surface area contributed by atoms with Crippen LogP contribution in [-0.2, 0) is 4.28 Å². The van der Waals surface area contributed by atoms with E-state index in [1.807, 2.05) is 0 Å². The molecule has 0 unspecified atom stereocenters. The van der Waals surface area contributed by atoms with Crippen LogP contribution in [-0.4, -0.2) is 20.0 Å². The normalized spacial score (nSPS) is 15.4. The summed E-state index contributed by atoms with van der Waals surface area (Å²) < 4.78 is 3.06. The number of imide groups is 1. The number of carbonyl (C=O) groups is 2. The van der Waals surface area contributed by atoms with Gasteiger partial charge in [-0.1, -0.05) is 46.9 Å². The average Bonchev–Trinajstić information content (AvgIpc) is 2.49. The van der Waals surface area contributed by atoms with E-state index in [4.69, 9.17) is 39.1 Å². The molecule has 1 heterocycles. The van der Waals surface area contributed by atoms with Crippen LogP contribution in [0.3, 0.4) is 0 Å². The minimum Gasteiger partial charge on any atom is -0.266 e. The summed E-state index contributed by atoms with van der Waals surface area (Å²) in [5.41, 5.74) is 0.532. The van der Waals surface area contributed by atoms with E-state index in [-0.39, 0.29) is 11.1 Å². The Morgan fingerprint density at radius 2 is 1.53 bits per heavy atom. The SMILES string of the molecule is O=C1c2ccccc2C(=O)N1OSC(Cl)(Cl)Cl. The van der Waals surface area contributed by atoms with E-state index in [0.717, 1.165) is 0 Å². The molecule has 2 amide bonds. The van der Waals surface area contributed by atoms with E-state index in [2.05, 4.69) is 0 Å². The first-order chi connectivity index (χ1) is 7.90. The van der Waals surface area contributed by atoms with Gasteiger partial charge >= 0.3 is 0 Å². The second-order valence-corrected chi connectivity index (χ2v) is 6.94. The summed E-state index contributed by atoms with van der Waals surface area (Å²) >= 11 is 16.7. The quantitative estimate of drug-likeness (QED) is 0.478. The van der Waals surface area contributed by atoms with E-state index in [0.29, 0.717) is 17.1 Å². The predicted octanol–water partition coefficient (Wildman–Crippen LogP) is 3.19. The molecule has 0 spiro atoms. The minimum atomic E-state index is -1.77. The van der Waals surface area contributed by atoms with E-state index < -0.39 is 14.9 Å². The number of hydrogen-bond donors (Lipinski definition) is 0. The smallest absolute Gasteiger partial charge is 0.266 e. The monoisotopic (exact) mass is 311 g/mol. The molecule has 0 atom stereocenters. The lowest BCUT2D eigenvalue weighted by Gasteiger charge is -2.14. The van der Waals surface area contributed by atoms with Gasteiger partial charge in [0.05, 0.1) is 23.2 Å². The van der Waals surface area contributed by atoms with E-state index >= 15 is 0 Å². The highest BCUT2D eigenvalue weighted by molar-refractivity contribution is 8.00. The van der Waals surface area contributed by atoms with Crippen molar-refractivity contribution >= 4 is 58.7 Å². The second-order valence-electron chi connectivity index (χ2n) is 3.05. The van der Waals surface area contributed by atoms with Crippen molar-refractivity contribution in [1.82, 2.24) is 5.06 Å². The first-order valence-electron chi connectivity index (χ1n) is 4.30. The second kappa shape index (κ2) is 4.66. The fraction of sp³-hybridized carbons (Fsp3) is 0.111. The molecule has 1 aromatic carbocycles. The number of hydrogen-bond acceptors (Lipinski definition) is 4. The van der Waals surface area contributed by atoms with Crippen molar-refractivity contribution in [3.63, 3.8) is 0 Å². The van der Waals surface area contributed by atoms with Crippen LogP contribution in [0.15, 0.2) is 24.3 Å². The summed E-state index contributed by atoms with van der Waals surface area (Å²) in [7, 11) is 0. The number of alkyl halides is 3. The van der Waals surface area contributed by atoms with Crippen LogP contribution < -0.4 is 0 Å². The number of fused-ring (bicyclic) bond motifs is 1. The predicted molar refractivity (Wildman–Crippen MR) is 65.9 cm³/mol. The van der Waals surface area contributed by atoms with Crippen molar-refractivity contribution in [2.45, 2.75) is 3.12 Å². The number of nitrogens with zero attached hydrogens (tertiary/aromatic N) is 1. The summed E-state index contributed by atoms with van der Waals surface area (Å²) in [4.78, 5) is 23.5. The van der Waals surface area contributed by atoms with Crippen LogP contribution in [0.4, 0.5) is 0 Å². The third-order valence-electron chi connectivity index (χ3n) is 1.96. The molecule has 0 saturated heterocycles. The Balaban J connectivity index is 2.19. The Bertz CT molecular complexity index is 454. The van der Waals surface area contributed by atoms with Gasteiger partial charge in [0.1, 0.15) is 0 Å². The number of hydroxylamine groups is 2. The van der Waals surface area contributed by atoms with Crippen LogP contribution in [0.1, 0.15) is 20.7 Å². The molecule has 17 heavy (non-hydrogen) atoms. The zero-order chi connectivity index (χ0) is 12.6. The molecule has 1 aromatic rings. The van der Waals surface area contributed by atoms with Gasteiger partial charge in [0.2, 0.25) is 0 Å². The fourth-order valence-electron chi connectivity index (χ4n) is 1.31. The molecule has 0 radical (unpaired) electrons.